The van der Waals surface area contributed by atoms with Gasteiger partial charge in [-0.1, -0.05) is 53.2 Å². The number of oxime groups is 1. The molecule has 0 bridgehead atoms. The minimum Gasteiger partial charge on any atom is -0.374 e. The van der Waals surface area contributed by atoms with Crippen molar-refractivity contribution in [3.63, 3.8) is 0 Å². The van der Waals surface area contributed by atoms with Crippen molar-refractivity contribution in [1.82, 2.24) is 0 Å². The average molecular weight is 344 g/mol. The van der Waals surface area contributed by atoms with Crippen LogP contribution in [-0.2, 0) is 10.4 Å². The Morgan fingerprint density at radius 1 is 1.09 bits per heavy atom. The first-order chi connectivity index (χ1) is 10.8. The highest BCUT2D eigenvalue weighted by Gasteiger charge is 2.62. The van der Waals surface area contributed by atoms with E-state index in [0.29, 0.717) is 5.56 Å². The minimum absolute atomic E-state index is 0.170. The number of hydrogen-bond acceptors (Lipinski definition) is 2. The van der Waals surface area contributed by atoms with Crippen molar-refractivity contribution in [2.45, 2.75) is 18.2 Å². The second-order valence-electron chi connectivity index (χ2n) is 5.13. The lowest BCUT2D eigenvalue weighted by atomic mass is 9.86. The second kappa shape index (κ2) is 5.53. The quantitative estimate of drug-likeness (QED) is 0.698. The van der Waals surface area contributed by atoms with Crippen molar-refractivity contribution in [1.29, 1.82) is 0 Å². The largest absolute Gasteiger partial charge is 0.435 e. The molecular weight excluding hydrogens is 334 g/mol. The van der Waals surface area contributed by atoms with Gasteiger partial charge in [-0.05, 0) is 17.7 Å². The summed E-state index contributed by atoms with van der Waals surface area (Å²) in [6.07, 6.45) is -5.25. The van der Waals surface area contributed by atoms with E-state index in [-0.39, 0.29) is 11.3 Å². The molecule has 1 unspecified atom stereocenters. The maximum Gasteiger partial charge on any atom is 0.435 e. The number of halogens is 5. The van der Waals surface area contributed by atoms with Crippen LogP contribution in [0.5, 0.6) is 0 Å². The van der Waals surface area contributed by atoms with Gasteiger partial charge in [0.2, 0.25) is 0 Å². The van der Waals surface area contributed by atoms with Crippen LogP contribution in [0.15, 0.2) is 53.7 Å². The summed E-state index contributed by atoms with van der Waals surface area (Å²) >= 11 is 5.62. The highest BCUT2D eigenvalue weighted by molar-refractivity contribution is 6.30. The Bertz CT molecular complexity index is 760. The first-order valence-corrected chi connectivity index (χ1v) is 7.04. The topological polar surface area (TPSA) is 21.6 Å². The van der Waals surface area contributed by atoms with Gasteiger partial charge in [-0.25, -0.2) is 4.39 Å². The standard InChI is InChI=1S/C16H10ClF4NO/c17-12-8-11(6-7-13(12)18)15(16(19,20)21)9-14(22-23-15)10-4-2-1-3-5-10/h1-8H,9H2. The third kappa shape index (κ3) is 2.67. The van der Waals surface area contributed by atoms with Gasteiger partial charge in [0.25, 0.3) is 5.60 Å². The molecule has 7 heteroatoms. The van der Waals surface area contributed by atoms with Gasteiger partial charge < -0.3 is 4.84 Å². The Morgan fingerprint density at radius 3 is 2.39 bits per heavy atom. The normalized spacial score (nSPS) is 21.0. The third-order valence-electron chi connectivity index (χ3n) is 3.68. The van der Waals surface area contributed by atoms with Crippen LogP contribution in [0, 0.1) is 5.82 Å². The van der Waals surface area contributed by atoms with Crippen molar-refractivity contribution >= 4 is 17.3 Å². The molecule has 0 saturated carbocycles. The van der Waals surface area contributed by atoms with Crippen LogP contribution in [-0.4, -0.2) is 11.9 Å². The molecule has 0 radical (unpaired) electrons. The lowest BCUT2D eigenvalue weighted by Gasteiger charge is -2.29. The summed E-state index contributed by atoms with van der Waals surface area (Å²) in [5.74, 6) is -0.796. The summed E-state index contributed by atoms with van der Waals surface area (Å²) in [6, 6.07) is 11.2. The molecule has 0 aromatic heterocycles. The SMILES string of the molecule is Fc1ccc(C2(C(F)(F)F)CC(c3ccccc3)=NO2)cc1Cl. The van der Waals surface area contributed by atoms with E-state index in [0.717, 1.165) is 18.2 Å². The Kier molecular flexibility index (Phi) is 3.80. The number of rotatable bonds is 2. The van der Waals surface area contributed by atoms with Crippen LogP contribution in [0.25, 0.3) is 0 Å². The number of nitrogens with zero attached hydrogens (tertiary/aromatic N) is 1. The van der Waals surface area contributed by atoms with Crippen molar-refractivity contribution in [3.05, 3.63) is 70.5 Å². The molecule has 0 fully saturated rings. The van der Waals surface area contributed by atoms with Gasteiger partial charge in [-0.2, -0.15) is 13.2 Å². The fraction of sp³-hybridized carbons (Fsp3) is 0.188. The molecule has 2 aromatic carbocycles. The molecule has 2 nitrogen and oxygen atoms in total. The Labute approximate surface area is 134 Å². The zero-order chi connectivity index (χ0) is 16.7. The van der Waals surface area contributed by atoms with E-state index >= 15 is 0 Å². The van der Waals surface area contributed by atoms with Crippen LogP contribution in [0.4, 0.5) is 17.6 Å². The molecule has 0 spiro atoms. The van der Waals surface area contributed by atoms with E-state index in [1.807, 2.05) is 0 Å². The van der Waals surface area contributed by atoms with E-state index < -0.39 is 29.0 Å². The summed E-state index contributed by atoms with van der Waals surface area (Å²) in [7, 11) is 0. The highest BCUT2D eigenvalue weighted by Crippen LogP contribution is 2.49. The lowest BCUT2D eigenvalue weighted by Crippen LogP contribution is -2.42. The van der Waals surface area contributed by atoms with Crippen LogP contribution in [0.1, 0.15) is 17.5 Å². The van der Waals surface area contributed by atoms with Gasteiger partial charge in [0, 0.05) is 12.0 Å². The minimum atomic E-state index is -4.74. The summed E-state index contributed by atoms with van der Waals surface area (Å²) < 4.78 is 54.3. The lowest BCUT2D eigenvalue weighted by molar-refractivity contribution is -0.275. The van der Waals surface area contributed by atoms with Gasteiger partial charge in [-0.3, -0.25) is 0 Å². The maximum absolute atomic E-state index is 13.7. The summed E-state index contributed by atoms with van der Waals surface area (Å²) in [6.45, 7) is 0. The molecular formula is C16H10ClF4NO. The Morgan fingerprint density at radius 2 is 1.78 bits per heavy atom. The van der Waals surface area contributed by atoms with E-state index in [4.69, 9.17) is 16.4 Å². The molecule has 3 rings (SSSR count). The van der Waals surface area contributed by atoms with E-state index in [9.17, 15) is 17.6 Å². The van der Waals surface area contributed by atoms with Crippen LogP contribution in [0.2, 0.25) is 5.02 Å². The van der Waals surface area contributed by atoms with Crippen molar-refractivity contribution in [2.24, 2.45) is 5.16 Å². The first-order valence-electron chi connectivity index (χ1n) is 6.66. The Balaban J connectivity index is 2.03. The van der Waals surface area contributed by atoms with Gasteiger partial charge in [0.1, 0.15) is 5.82 Å². The summed E-state index contributed by atoms with van der Waals surface area (Å²) in [4.78, 5) is 4.83. The monoisotopic (exact) mass is 343 g/mol. The van der Waals surface area contributed by atoms with Crippen molar-refractivity contribution in [2.75, 3.05) is 0 Å². The molecule has 23 heavy (non-hydrogen) atoms. The third-order valence-corrected chi connectivity index (χ3v) is 3.97. The molecule has 0 saturated heterocycles. The first kappa shape index (κ1) is 15.8. The number of benzene rings is 2. The highest BCUT2D eigenvalue weighted by atomic mass is 35.5. The molecule has 0 N–H and O–H groups in total. The molecule has 0 amide bonds. The number of alkyl halides is 3. The zero-order valence-corrected chi connectivity index (χ0v) is 12.3. The zero-order valence-electron chi connectivity index (χ0n) is 11.6. The van der Waals surface area contributed by atoms with Crippen molar-refractivity contribution in [3.8, 4) is 0 Å². The smallest absolute Gasteiger partial charge is 0.374 e. The predicted octanol–water partition coefficient (Wildman–Crippen LogP) is 5.06. The van der Waals surface area contributed by atoms with Crippen LogP contribution in [0.3, 0.4) is 0 Å². The second-order valence-corrected chi connectivity index (χ2v) is 5.53. The summed E-state index contributed by atoms with van der Waals surface area (Å²) in [5, 5.41) is 3.21. The average Bonchev–Trinajstić information content (AvgIpc) is 2.97. The van der Waals surface area contributed by atoms with Crippen LogP contribution < -0.4 is 0 Å². The molecule has 1 aliphatic heterocycles. The maximum atomic E-state index is 13.7. The van der Waals surface area contributed by atoms with E-state index in [1.54, 1.807) is 30.3 Å². The van der Waals surface area contributed by atoms with Crippen molar-refractivity contribution < 1.29 is 22.4 Å². The molecule has 0 aliphatic carbocycles. The number of hydrogen-bond donors (Lipinski definition) is 0. The predicted molar refractivity (Wildman–Crippen MR) is 77.8 cm³/mol. The molecule has 1 heterocycles. The van der Waals surface area contributed by atoms with E-state index in [2.05, 4.69) is 5.16 Å². The molecule has 1 aliphatic rings. The van der Waals surface area contributed by atoms with Gasteiger partial charge in [0.15, 0.2) is 0 Å². The molecule has 1 atom stereocenters. The molecule has 120 valence electrons. The van der Waals surface area contributed by atoms with Gasteiger partial charge in [-0.15, -0.1) is 0 Å². The van der Waals surface area contributed by atoms with Gasteiger partial charge >= 0.3 is 6.18 Å². The van der Waals surface area contributed by atoms with E-state index in [1.165, 1.54) is 0 Å². The fourth-order valence-electron chi connectivity index (χ4n) is 2.44. The fourth-order valence-corrected chi connectivity index (χ4v) is 2.62. The summed E-state index contributed by atoms with van der Waals surface area (Å²) in [5.41, 5.74) is -2.25. The Hall–Kier alpha value is -2.08. The molecule has 2 aromatic rings. The van der Waals surface area contributed by atoms with Gasteiger partial charge in [0.05, 0.1) is 10.7 Å². The van der Waals surface area contributed by atoms with Crippen LogP contribution >= 0.6 is 11.6 Å².